The van der Waals surface area contributed by atoms with Gasteiger partial charge in [0.25, 0.3) is 0 Å². The van der Waals surface area contributed by atoms with Crippen molar-refractivity contribution in [2.24, 2.45) is 0 Å². The van der Waals surface area contributed by atoms with Gasteiger partial charge in [0, 0.05) is 12.2 Å². The maximum absolute atomic E-state index is 11.9. The Balaban J connectivity index is 3.37. The molecule has 0 aromatic rings. The molecule has 48 heavy (non-hydrogen) atoms. The van der Waals surface area contributed by atoms with Crippen LogP contribution in [0.5, 0.6) is 0 Å². The third-order valence-corrected chi connectivity index (χ3v) is 9.16. The van der Waals surface area contributed by atoms with Gasteiger partial charge in [-0.15, -0.1) is 0 Å². The van der Waals surface area contributed by atoms with Crippen LogP contribution >= 0.6 is 0 Å². The van der Waals surface area contributed by atoms with Crippen molar-refractivity contribution in [1.82, 2.24) is 0 Å². The summed E-state index contributed by atoms with van der Waals surface area (Å²) < 4.78 is 10.4. The molecule has 0 fully saturated rings. The van der Waals surface area contributed by atoms with E-state index in [1.54, 1.807) is 0 Å². The Morgan fingerprint density at radius 1 is 0.333 bits per heavy atom. The Morgan fingerprint density at radius 2 is 0.562 bits per heavy atom. The van der Waals surface area contributed by atoms with Crippen molar-refractivity contribution < 1.29 is 19.1 Å². The van der Waals surface area contributed by atoms with Crippen LogP contribution in [0.3, 0.4) is 0 Å². The van der Waals surface area contributed by atoms with Crippen LogP contribution in [-0.2, 0) is 19.1 Å². The van der Waals surface area contributed by atoms with Crippen LogP contribution in [-0.4, -0.2) is 25.2 Å². The van der Waals surface area contributed by atoms with Gasteiger partial charge in [-0.1, -0.05) is 179 Å². The summed E-state index contributed by atoms with van der Waals surface area (Å²) >= 11 is 0. The van der Waals surface area contributed by atoms with Gasteiger partial charge in [0.1, 0.15) is 0 Å². The van der Waals surface area contributed by atoms with Gasteiger partial charge in [-0.2, -0.15) is 0 Å². The molecule has 280 valence electrons. The highest BCUT2D eigenvalue weighted by Gasteiger charge is 2.02. The van der Waals surface area contributed by atoms with Crippen LogP contribution < -0.4 is 0 Å². The monoisotopic (exact) mass is 673 g/mol. The molecule has 0 unspecified atom stereocenters. The fourth-order valence-corrected chi connectivity index (χ4v) is 5.98. The lowest BCUT2D eigenvalue weighted by Gasteiger charge is -2.04. The summed E-state index contributed by atoms with van der Waals surface area (Å²) in [5.41, 5.74) is 0. The van der Waals surface area contributed by atoms with E-state index in [0.29, 0.717) is 13.2 Å². The Morgan fingerprint density at radius 3 is 0.833 bits per heavy atom. The number of hydrogen-bond donors (Lipinski definition) is 0. The Labute approximate surface area is 299 Å². The smallest absolute Gasteiger partial charge is 0.331 e. The van der Waals surface area contributed by atoms with Crippen LogP contribution in [0.1, 0.15) is 219 Å². The molecule has 4 heteroatoms. The van der Waals surface area contributed by atoms with E-state index in [0.717, 1.165) is 25.7 Å². The summed E-state index contributed by atoms with van der Waals surface area (Å²) in [6, 6.07) is 0. The molecule has 0 aliphatic rings. The third-order valence-electron chi connectivity index (χ3n) is 9.16. The maximum Gasteiger partial charge on any atom is 0.331 e. The second-order valence-electron chi connectivity index (χ2n) is 14.0. The fourth-order valence-electron chi connectivity index (χ4n) is 5.98. The lowest BCUT2D eigenvalue weighted by molar-refractivity contribution is -0.140. The SMILES string of the molecule is CCCCCCCCC=CCCCCCCCCCCOC(=O)/C=C/C(=O)OCCCCCCCCCCC=CCCCCCCCC. The van der Waals surface area contributed by atoms with Crippen molar-refractivity contribution in [3.63, 3.8) is 0 Å². The third kappa shape index (κ3) is 40.3. The maximum atomic E-state index is 11.9. The number of carbonyl (C=O) groups is 2. The number of ether oxygens (including phenoxy) is 2. The van der Waals surface area contributed by atoms with Crippen molar-refractivity contribution in [2.45, 2.75) is 219 Å². The summed E-state index contributed by atoms with van der Waals surface area (Å²) in [6.07, 6.45) is 52.7. The fraction of sp³-hybridized carbons (Fsp3) is 0.818. The number of rotatable bonds is 38. The van der Waals surface area contributed by atoms with E-state index in [9.17, 15) is 9.59 Å². The molecular weight excluding hydrogens is 592 g/mol. The molecule has 0 bridgehead atoms. The van der Waals surface area contributed by atoms with E-state index in [2.05, 4.69) is 38.2 Å². The number of allylic oxidation sites excluding steroid dienone is 4. The summed E-state index contributed by atoms with van der Waals surface area (Å²) in [5, 5.41) is 0. The minimum atomic E-state index is -0.461. The first-order valence-electron chi connectivity index (χ1n) is 21.0. The Kier molecular flexibility index (Phi) is 39.7. The first-order chi connectivity index (χ1) is 23.7. The number of hydrogen-bond acceptors (Lipinski definition) is 4. The molecule has 0 radical (unpaired) electrons. The molecular formula is C44H80O4. The van der Waals surface area contributed by atoms with Crippen molar-refractivity contribution >= 4 is 11.9 Å². The standard InChI is InChI=1S/C44H80O4/c1-3-5-7-9-11-13-15-17-19-21-23-25-27-29-31-33-35-37-41-47-43(45)39-40-44(46)48-42-38-36-34-32-30-28-26-24-22-20-18-16-14-12-10-8-6-4-2/h17-20,39-40H,3-16,21-38,41-42H2,1-2H3/b19-17?,20-18?,40-39+. The first kappa shape index (κ1) is 46.2. The molecule has 0 aliphatic heterocycles. The Hall–Kier alpha value is -1.84. The van der Waals surface area contributed by atoms with Gasteiger partial charge >= 0.3 is 11.9 Å². The van der Waals surface area contributed by atoms with E-state index in [-0.39, 0.29) is 0 Å². The van der Waals surface area contributed by atoms with Gasteiger partial charge in [-0.25, -0.2) is 9.59 Å². The molecule has 0 spiro atoms. The lowest BCUT2D eigenvalue weighted by Crippen LogP contribution is -2.06. The Bertz CT molecular complexity index is 691. The normalized spacial score (nSPS) is 11.8. The topological polar surface area (TPSA) is 52.6 Å². The summed E-state index contributed by atoms with van der Waals surface area (Å²) in [5.74, 6) is -0.922. The molecule has 0 heterocycles. The van der Waals surface area contributed by atoms with E-state index >= 15 is 0 Å². The molecule has 0 aromatic carbocycles. The summed E-state index contributed by atoms with van der Waals surface area (Å²) in [6.45, 7) is 5.38. The highest BCUT2D eigenvalue weighted by atomic mass is 16.5. The molecule has 0 saturated heterocycles. The molecule has 0 saturated carbocycles. The van der Waals surface area contributed by atoms with Crippen molar-refractivity contribution in [3.05, 3.63) is 36.5 Å². The number of unbranched alkanes of at least 4 members (excludes halogenated alkanes) is 28. The van der Waals surface area contributed by atoms with E-state index in [4.69, 9.17) is 9.47 Å². The minimum absolute atomic E-state index is 0.416. The second kappa shape index (κ2) is 41.3. The zero-order valence-corrected chi connectivity index (χ0v) is 32.1. The molecule has 0 atom stereocenters. The average Bonchev–Trinajstić information content (AvgIpc) is 3.09. The molecule has 0 aromatic heterocycles. The quantitative estimate of drug-likeness (QED) is 0.0283. The summed E-state index contributed by atoms with van der Waals surface area (Å²) in [7, 11) is 0. The molecule has 0 N–H and O–H groups in total. The predicted molar refractivity (Wildman–Crippen MR) is 208 cm³/mol. The highest BCUT2D eigenvalue weighted by Crippen LogP contribution is 2.13. The van der Waals surface area contributed by atoms with Gasteiger partial charge in [0.2, 0.25) is 0 Å². The van der Waals surface area contributed by atoms with E-state index < -0.39 is 11.9 Å². The van der Waals surface area contributed by atoms with E-state index in [1.165, 1.54) is 192 Å². The minimum Gasteiger partial charge on any atom is -0.463 e. The zero-order valence-electron chi connectivity index (χ0n) is 32.1. The van der Waals surface area contributed by atoms with Gasteiger partial charge in [0.05, 0.1) is 13.2 Å². The number of carbonyl (C=O) groups excluding carboxylic acids is 2. The van der Waals surface area contributed by atoms with Crippen molar-refractivity contribution in [3.8, 4) is 0 Å². The van der Waals surface area contributed by atoms with E-state index in [1.807, 2.05) is 0 Å². The highest BCUT2D eigenvalue weighted by molar-refractivity contribution is 5.91. The molecule has 0 aliphatic carbocycles. The molecule has 4 nitrogen and oxygen atoms in total. The largest absolute Gasteiger partial charge is 0.463 e. The zero-order chi connectivity index (χ0) is 34.9. The second-order valence-corrected chi connectivity index (χ2v) is 14.0. The van der Waals surface area contributed by atoms with Crippen LogP contribution in [0, 0.1) is 0 Å². The van der Waals surface area contributed by atoms with Gasteiger partial charge in [-0.05, 0) is 64.2 Å². The summed E-state index contributed by atoms with van der Waals surface area (Å²) in [4.78, 5) is 23.7. The van der Waals surface area contributed by atoms with Gasteiger partial charge < -0.3 is 9.47 Å². The first-order valence-corrected chi connectivity index (χ1v) is 21.0. The van der Waals surface area contributed by atoms with Gasteiger partial charge in [0.15, 0.2) is 0 Å². The molecule has 0 rings (SSSR count). The van der Waals surface area contributed by atoms with Crippen LogP contribution in [0.2, 0.25) is 0 Å². The van der Waals surface area contributed by atoms with Crippen LogP contribution in [0.25, 0.3) is 0 Å². The predicted octanol–water partition coefficient (Wildman–Crippen LogP) is 14.3. The van der Waals surface area contributed by atoms with Gasteiger partial charge in [-0.3, -0.25) is 0 Å². The average molecular weight is 673 g/mol. The molecule has 0 amide bonds. The van der Waals surface area contributed by atoms with Crippen LogP contribution in [0.4, 0.5) is 0 Å². The number of esters is 2. The van der Waals surface area contributed by atoms with Crippen molar-refractivity contribution in [2.75, 3.05) is 13.2 Å². The van der Waals surface area contributed by atoms with Crippen molar-refractivity contribution in [1.29, 1.82) is 0 Å². The van der Waals surface area contributed by atoms with Crippen LogP contribution in [0.15, 0.2) is 36.5 Å². The lowest BCUT2D eigenvalue weighted by atomic mass is 10.1.